The van der Waals surface area contributed by atoms with Crippen LogP contribution in [0.2, 0.25) is 0 Å². The van der Waals surface area contributed by atoms with Gasteiger partial charge in [0.25, 0.3) is 0 Å². The summed E-state index contributed by atoms with van der Waals surface area (Å²) in [6.45, 7) is 5.61. The maximum Gasteiger partial charge on any atom is 0.338 e. The van der Waals surface area contributed by atoms with Gasteiger partial charge in [-0.1, -0.05) is 24.8 Å². The second-order valence-corrected chi connectivity index (χ2v) is 3.54. The van der Waals surface area contributed by atoms with E-state index in [1.807, 2.05) is 19.1 Å². The molecule has 0 aliphatic carbocycles. The first-order valence-electron chi connectivity index (χ1n) is 4.67. The Labute approximate surface area is 83.2 Å². The third-order valence-electron chi connectivity index (χ3n) is 2.40. The van der Waals surface area contributed by atoms with E-state index in [4.69, 9.17) is 4.74 Å². The first-order chi connectivity index (χ1) is 6.70. The number of hydrogen-bond acceptors (Lipinski definition) is 2. The number of carbonyl (C=O) groups excluding carboxylic acids is 1. The van der Waals surface area contributed by atoms with Gasteiger partial charge in [-0.3, -0.25) is 0 Å². The van der Waals surface area contributed by atoms with E-state index < -0.39 is 0 Å². The summed E-state index contributed by atoms with van der Waals surface area (Å²) >= 11 is 0. The van der Waals surface area contributed by atoms with Gasteiger partial charge in [-0.2, -0.15) is 0 Å². The maximum atomic E-state index is 11.4. The number of carbonyl (C=O) groups is 1. The third-order valence-corrected chi connectivity index (χ3v) is 2.40. The van der Waals surface area contributed by atoms with E-state index in [0.717, 1.165) is 17.5 Å². The van der Waals surface area contributed by atoms with Gasteiger partial charge in [0.05, 0.1) is 5.56 Å². The Morgan fingerprint density at radius 3 is 3.07 bits per heavy atom. The fourth-order valence-corrected chi connectivity index (χ4v) is 1.71. The van der Waals surface area contributed by atoms with Crippen LogP contribution >= 0.6 is 0 Å². The minimum absolute atomic E-state index is 0.0185. The second kappa shape index (κ2) is 3.29. The fraction of sp³-hybridized carbons (Fsp3) is 0.250. The number of esters is 1. The van der Waals surface area contributed by atoms with Gasteiger partial charge in [0.1, 0.15) is 6.10 Å². The SMILES string of the molecule is C=Cc1ccc2c(c1)C[C@@H](C)OC2=O. The number of fused-ring (bicyclic) bond motifs is 1. The molecule has 2 rings (SSSR count). The van der Waals surface area contributed by atoms with E-state index in [1.165, 1.54) is 0 Å². The van der Waals surface area contributed by atoms with Crippen LogP contribution in [0.3, 0.4) is 0 Å². The van der Waals surface area contributed by atoms with E-state index in [1.54, 1.807) is 12.1 Å². The lowest BCUT2D eigenvalue weighted by Gasteiger charge is -2.21. The molecule has 1 aliphatic heterocycles. The summed E-state index contributed by atoms with van der Waals surface area (Å²) in [4.78, 5) is 11.4. The molecule has 0 spiro atoms. The van der Waals surface area contributed by atoms with Crippen LogP contribution in [-0.4, -0.2) is 12.1 Å². The molecule has 0 saturated carbocycles. The minimum Gasteiger partial charge on any atom is -0.459 e. The molecule has 0 bridgehead atoms. The molecule has 0 amide bonds. The highest BCUT2D eigenvalue weighted by Crippen LogP contribution is 2.22. The summed E-state index contributed by atoms with van der Waals surface area (Å²) in [5.74, 6) is -0.214. The average Bonchev–Trinajstić information content (AvgIpc) is 2.16. The molecule has 0 fully saturated rings. The summed E-state index contributed by atoms with van der Waals surface area (Å²) in [5.41, 5.74) is 2.80. The highest BCUT2D eigenvalue weighted by molar-refractivity contribution is 5.92. The highest BCUT2D eigenvalue weighted by atomic mass is 16.5. The van der Waals surface area contributed by atoms with Gasteiger partial charge in [0.2, 0.25) is 0 Å². The third kappa shape index (κ3) is 1.43. The molecule has 14 heavy (non-hydrogen) atoms. The summed E-state index contributed by atoms with van der Waals surface area (Å²) in [5, 5.41) is 0. The fourth-order valence-electron chi connectivity index (χ4n) is 1.71. The lowest BCUT2D eigenvalue weighted by molar-refractivity contribution is 0.0301. The minimum atomic E-state index is -0.214. The van der Waals surface area contributed by atoms with E-state index in [9.17, 15) is 4.79 Å². The smallest absolute Gasteiger partial charge is 0.338 e. The highest BCUT2D eigenvalue weighted by Gasteiger charge is 2.22. The second-order valence-electron chi connectivity index (χ2n) is 3.54. The van der Waals surface area contributed by atoms with Gasteiger partial charge >= 0.3 is 5.97 Å². The Morgan fingerprint density at radius 1 is 1.57 bits per heavy atom. The molecular formula is C12H12O2. The number of benzene rings is 1. The molecule has 0 saturated heterocycles. The van der Waals surface area contributed by atoms with Crippen LogP contribution in [0.4, 0.5) is 0 Å². The standard InChI is InChI=1S/C12H12O2/c1-3-9-4-5-11-10(7-9)6-8(2)14-12(11)13/h3-5,7-8H,1,6H2,2H3/t8-/m1/s1. The van der Waals surface area contributed by atoms with Crippen molar-refractivity contribution in [2.45, 2.75) is 19.4 Å². The molecular weight excluding hydrogens is 176 g/mol. The predicted octanol–water partition coefficient (Wildman–Crippen LogP) is 2.43. The van der Waals surface area contributed by atoms with Crippen LogP contribution in [0.5, 0.6) is 0 Å². The molecule has 1 atom stereocenters. The number of rotatable bonds is 1. The Balaban J connectivity index is 2.48. The molecule has 2 heteroatoms. The molecule has 1 aliphatic rings. The first kappa shape index (κ1) is 9.00. The number of hydrogen-bond donors (Lipinski definition) is 0. The first-order valence-corrected chi connectivity index (χ1v) is 4.67. The number of cyclic esters (lactones) is 1. The summed E-state index contributed by atoms with van der Waals surface area (Å²) in [6.07, 6.45) is 2.56. The van der Waals surface area contributed by atoms with Gasteiger partial charge < -0.3 is 4.74 Å². The van der Waals surface area contributed by atoms with Crippen LogP contribution in [0.15, 0.2) is 24.8 Å². The zero-order valence-corrected chi connectivity index (χ0v) is 8.12. The van der Waals surface area contributed by atoms with Gasteiger partial charge in [0, 0.05) is 6.42 Å². The lowest BCUT2D eigenvalue weighted by Crippen LogP contribution is -2.25. The van der Waals surface area contributed by atoms with Crippen LogP contribution < -0.4 is 0 Å². The van der Waals surface area contributed by atoms with Crippen molar-refractivity contribution in [2.75, 3.05) is 0 Å². The largest absolute Gasteiger partial charge is 0.459 e. The van der Waals surface area contributed by atoms with E-state index in [0.29, 0.717) is 5.56 Å². The Morgan fingerprint density at radius 2 is 2.36 bits per heavy atom. The van der Waals surface area contributed by atoms with E-state index >= 15 is 0 Å². The predicted molar refractivity (Wildman–Crippen MR) is 55.1 cm³/mol. The monoisotopic (exact) mass is 188 g/mol. The van der Waals surface area contributed by atoms with Crippen molar-refractivity contribution in [2.24, 2.45) is 0 Å². The summed E-state index contributed by atoms with van der Waals surface area (Å²) in [6, 6.07) is 5.68. The van der Waals surface area contributed by atoms with E-state index in [2.05, 4.69) is 6.58 Å². The summed E-state index contributed by atoms with van der Waals surface area (Å²) < 4.78 is 5.12. The molecule has 1 heterocycles. The van der Waals surface area contributed by atoms with Crippen LogP contribution in [0, 0.1) is 0 Å². The molecule has 1 aromatic carbocycles. The van der Waals surface area contributed by atoms with Crippen LogP contribution in [-0.2, 0) is 11.2 Å². The average molecular weight is 188 g/mol. The quantitative estimate of drug-likeness (QED) is 0.633. The van der Waals surface area contributed by atoms with Crippen molar-refractivity contribution in [3.8, 4) is 0 Å². The Hall–Kier alpha value is -1.57. The van der Waals surface area contributed by atoms with Crippen molar-refractivity contribution < 1.29 is 9.53 Å². The van der Waals surface area contributed by atoms with Gasteiger partial charge in [-0.15, -0.1) is 0 Å². The maximum absolute atomic E-state index is 11.4. The topological polar surface area (TPSA) is 26.3 Å². The van der Waals surface area contributed by atoms with Gasteiger partial charge in [-0.05, 0) is 24.1 Å². The van der Waals surface area contributed by atoms with Crippen molar-refractivity contribution in [3.05, 3.63) is 41.5 Å². The molecule has 0 unspecified atom stereocenters. The Kier molecular flexibility index (Phi) is 2.12. The molecule has 0 aromatic heterocycles. The molecule has 2 nitrogen and oxygen atoms in total. The molecule has 0 radical (unpaired) electrons. The zero-order valence-electron chi connectivity index (χ0n) is 8.12. The van der Waals surface area contributed by atoms with Crippen LogP contribution in [0.1, 0.15) is 28.4 Å². The molecule has 72 valence electrons. The van der Waals surface area contributed by atoms with Crippen LogP contribution in [0.25, 0.3) is 6.08 Å². The van der Waals surface area contributed by atoms with Crippen molar-refractivity contribution in [3.63, 3.8) is 0 Å². The van der Waals surface area contributed by atoms with Gasteiger partial charge in [-0.25, -0.2) is 4.79 Å². The summed E-state index contributed by atoms with van der Waals surface area (Å²) in [7, 11) is 0. The van der Waals surface area contributed by atoms with Crippen molar-refractivity contribution >= 4 is 12.0 Å². The van der Waals surface area contributed by atoms with Crippen molar-refractivity contribution in [1.82, 2.24) is 0 Å². The zero-order chi connectivity index (χ0) is 10.1. The molecule has 0 N–H and O–H groups in total. The lowest BCUT2D eigenvalue weighted by atomic mass is 9.97. The Bertz CT molecular complexity index is 393. The van der Waals surface area contributed by atoms with E-state index in [-0.39, 0.29) is 12.1 Å². The normalized spacial score (nSPS) is 19.8. The number of ether oxygens (including phenoxy) is 1. The van der Waals surface area contributed by atoms with Crippen molar-refractivity contribution in [1.29, 1.82) is 0 Å². The molecule has 1 aromatic rings. The van der Waals surface area contributed by atoms with Gasteiger partial charge in [0.15, 0.2) is 0 Å².